The first kappa shape index (κ1) is 14.5. The average Bonchev–Trinajstić information content (AvgIpc) is 2.28. The number of nitrogens with one attached hydrogen (secondary N) is 1. The molecule has 0 fully saturated rings. The highest BCUT2D eigenvalue weighted by atomic mass is 19.4. The van der Waals surface area contributed by atoms with Crippen LogP contribution in [0.5, 0.6) is 5.75 Å². The molecule has 0 spiro atoms. The molecule has 0 atom stereocenters. The molecule has 0 amide bonds. The van der Waals surface area contributed by atoms with Crippen LogP contribution in [0.2, 0.25) is 0 Å². The largest absolute Gasteiger partial charge is 0.492 e. The number of nitrogens with two attached hydrogens (primary N) is 1. The molecule has 0 aliphatic heterocycles. The molecule has 0 bridgehead atoms. The van der Waals surface area contributed by atoms with E-state index in [-0.39, 0.29) is 13.0 Å². The Hall–Kier alpha value is -1.59. The quantitative estimate of drug-likeness (QED) is 0.610. The summed E-state index contributed by atoms with van der Waals surface area (Å²) in [6.07, 6.45) is -4.84. The Kier molecular flexibility index (Phi) is 5.12. The summed E-state index contributed by atoms with van der Waals surface area (Å²) < 4.78 is 41.1. The monoisotopic (exact) mass is 262 g/mol. The second-order valence-corrected chi connectivity index (χ2v) is 3.83. The van der Waals surface area contributed by atoms with E-state index in [1.807, 2.05) is 6.92 Å². The van der Waals surface area contributed by atoms with Gasteiger partial charge in [-0.05, 0) is 25.5 Å². The summed E-state index contributed by atoms with van der Waals surface area (Å²) in [6.45, 7) is 2.58. The van der Waals surface area contributed by atoms with Gasteiger partial charge in [0.05, 0.1) is 12.3 Å². The minimum atomic E-state index is -4.10. The number of rotatable bonds is 6. The van der Waals surface area contributed by atoms with Crippen LogP contribution in [0.3, 0.4) is 0 Å². The SMILES string of the molecule is CCOc1cc(NCCCC(F)(F)F)ccc1N. The predicted molar refractivity (Wildman–Crippen MR) is 65.8 cm³/mol. The molecule has 1 rings (SSSR count). The van der Waals surface area contributed by atoms with Crippen LogP contribution in [0.4, 0.5) is 24.5 Å². The molecule has 0 radical (unpaired) electrons. The van der Waals surface area contributed by atoms with Crippen molar-refractivity contribution in [1.82, 2.24) is 0 Å². The lowest BCUT2D eigenvalue weighted by atomic mass is 10.2. The van der Waals surface area contributed by atoms with E-state index in [4.69, 9.17) is 10.5 Å². The zero-order valence-corrected chi connectivity index (χ0v) is 10.2. The number of benzene rings is 1. The Morgan fingerprint density at radius 3 is 2.67 bits per heavy atom. The van der Waals surface area contributed by atoms with Gasteiger partial charge in [0.2, 0.25) is 0 Å². The third-order valence-corrected chi connectivity index (χ3v) is 2.28. The van der Waals surface area contributed by atoms with Gasteiger partial charge >= 0.3 is 6.18 Å². The van der Waals surface area contributed by atoms with E-state index in [2.05, 4.69) is 5.32 Å². The van der Waals surface area contributed by atoms with Crippen molar-refractivity contribution in [3.8, 4) is 5.75 Å². The van der Waals surface area contributed by atoms with Crippen molar-refractivity contribution in [1.29, 1.82) is 0 Å². The maximum Gasteiger partial charge on any atom is 0.389 e. The number of nitrogen functional groups attached to an aromatic ring is 1. The van der Waals surface area contributed by atoms with E-state index in [0.29, 0.717) is 23.7 Å². The van der Waals surface area contributed by atoms with Crippen LogP contribution in [0.15, 0.2) is 18.2 Å². The van der Waals surface area contributed by atoms with Crippen molar-refractivity contribution in [2.75, 3.05) is 24.2 Å². The normalized spacial score (nSPS) is 11.3. The number of halogens is 3. The van der Waals surface area contributed by atoms with Crippen molar-refractivity contribution >= 4 is 11.4 Å². The highest BCUT2D eigenvalue weighted by Gasteiger charge is 2.25. The Bertz CT molecular complexity index is 380. The summed E-state index contributed by atoms with van der Waals surface area (Å²) >= 11 is 0. The van der Waals surface area contributed by atoms with Gasteiger partial charge in [0, 0.05) is 24.7 Å². The maximum absolute atomic E-state index is 11.9. The number of anilines is 2. The predicted octanol–water partition coefficient (Wildman–Crippen LogP) is 3.42. The molecule has 3 nitrogen and oxygen atoms in total. The second kappa shape index (κ2) is 6.37. The highest BCUT2D eigenvalue weighted by Crippen LogP contribution is 2.26. The third kappa shape index (κ3) is 5.16. The van der Waals surface area contributed by atoms with Gasteiger partial charge in [-0.25, -0.2) is 0 Å². The molecular weight excluding hydrogens is 245 g/mol. The standard InChI is InChI=1S/C12H17F3N2O/c1-2-18-11-8-9(4-5-10(11)16)17-7-3-6-12(13,14)15/h4-5,8,17H,2-3,6-7,16H2,1H3. The van der Waals surface area contributed by atoms with E-state index < -0.39 is 12.6 Å². The molecule has 0 aliphatic rings. The molecule has 0 aromatic heterocycles. The van der Waals surface area contributed by atoms with Crippen LogP contribution in [0.1, 0.15) is 19.8 Å². The second-order valence-electron chi connectivity index (χ2n) is 3.83. The Morgan fingerprint density at radius 2 is 2.06 bits per heavy atom. The van der Waals surface area contributed by atoms with Gasteiger partial charge in [-0.15, -0.1) is 0 Å². The van der Waals surface area contributed by atoms with Crippen LogP contribution in [-0.2, 0) is 0 Å². The summed E-state index contributed by atoms with van der Waals surface area (Å²) in [5, 5.41) is 2.91. The minimum Gasteiger partial charge on any atom is -0.492 e. The maximum atomic E-state index is 11.9. The molecule has 0 heterocycles. The molecule has 0 saturated carbocycles. The lowest BCUT2D eigenvalue weighted by Crippen LogP contribution is -2.11. The fourth-order valence-corrected chi connectivity index (χ4v) is 1.45. The molecular formula is C12H17F3N2O. The zero-order valence-electron chi connectivity index (χ0n) is 10.2. The lowest BCUT2D eigenvalue weighted by molar-refractivity contribution is -0.134. The first-order valence-corrected chi connectivity index (χ1v) is 5.75. The summed E-state index contributed by atoms with van der Waals surface area (Å²) in [6, 6.07) is 5.06. The highest BCUT2D eigenvalue weighted by molar-refractivity contribution is 5.61. The molecule has 102 valence electrons. The molecule has 1 aromatic rings. The topological polar surface area (TPSA) is 47.3 Å². The summed E-state index contributed by atoms with van der Waals surface area (Å²) in [5.41, 5.74) is 6.90. The van der Waals surface area contributed by atoms with Crippen LogP contribution >= 0.6 is 0 Å². The van der Waals surface area contributed by atoms with E-state index in [9.17, 15) is 13.2 Å². The lowest BCUT2D eigenvalue weighted by Gasteiger charge is -2.11. The van der Waals surface area contributed by atoms with Crippen LogP contribution in [0.25, 0.3) is 0 Å². The van der Waals surface area contributed by atoms with Crippen LogP contribution < -0.4 is 15.8 Å². The summed E-state index contributed by atoms with van der Waals surface area (Å²) in [4.78, 5) is 0. The summed E-state index contributed by atoms with van der Waals surface area (Å²) in [7, 11) is 0. The van der Waals surface area contributed by atoms with Crippen LogP contribution in [-0.4, -0.2) is 19.3 Å². The smallest absolute Gasteiger partial charge is 0.389 e. The van der Waals surface area contributed by atoms with E-state index in [1.165, 1.54) is 0 Å². The fourth-order valence-electron chi connectivity index (χ4n) is 1.45. The van der Waals surface area contributed by atoms with Crippen LogP contribution in [0, 0.1) is 0 Å². The van der Waals surface area contributed by atoms with Crippen molar-refractivity contribution in [2.45, 2.75) is 25.9 Å². The van der Waals surface area contributed by atoms with E-state index >= 15 is 0 Å². The molecule has 1 aromatic carbocycles. The Morgan fingerprint density at radius 1 is 1.33 bits per heavy atom. The first-order valence-electron chi connectivity index (χ1n) is 5.75. The van der Waals surface area contributed by atoms with Gasteiger partial charge in [0.15, 0.2) is 0 Å². The van der Waals surface area contributed by atoms with Crippen molar-refractivity contribution in [3.63, 3.8) is 0 Å². The number of ether oxygens (including phenoxy) is 1. The van der Waals surface area contributed by atoms with Gasteiger partial charge in [-0.1, -0.05) is 0 Å². The van der Waals surface area contributed by atoms with Crippen molar-refractivity contribution in [2.24, 2.45) is 0 Å². The number of hydrogen-bond donors (Lipinski definition) is 2. The van der Waals surface area contributed by atoms with Gasteiger partial charge < -0.3 is 15.8 Å². The summed E-state index contributed by atoms with van der Waals surface area (Å²) in [5.74, 6) is 0.540. The minimum absolute atomic E-state index is 0.0395. The van der Waals surface area contributed by atoms with E-state index in [0.717, 1.165) is 0 Å². The third-order valence-electron chi connectivity index (χ3n) is 2.28. The van der Waals surface area contributed by atoms with E-state index in [1.54, 1.807) is 18.2 Å². The van der Waals surface area contributed by atoms with Gasteiger partial charge in [0.25, 0.3) is 0 Å². The molecule has 3 N–H and O–H groups in total. The van der Waals surface area contributed by atoms with Gasteiger partial charge in [-0.3, -0.25) is 0 Å². The molecule has 0 unspecified atom stereocenters. The zero-order chi connectivity index (χ0) is 13.6. The van der Waals surface area contributed by atoms with Crippen molar-refractivity contribution in [3.05, 3.63) is 18.2 Å². The van der Waals surface area contributed by atoms with Crippen molar-refractivity contribution < 1.29 is 17.9 Å². The number of alkyl halides is 3. The molecule has 6 heteroatoms. The fraction of sp³-hybridized carbons (Fsp3) is 0.500. The Balaban J connectivity index is 2.45. The molecule has 18 heavy (non-hydrogen) atoms. The molecule has 0 saturated heterocycles. The first-order chi connectivity index (χ1) is 8.42. The Labute approximate surface area is 104 Å². The van der Waals surface area contributed by atoms with Gasteiger partial charge in [0.1, 0.15) is 5.75 Å². The average molecular weight is 262 g/mol. The van der Waals surface area contributed by atoms with Gasteiger partial charge in [-0.2, -0.15) is 13.2 Å². The number of hydrogen-bond acceptors (Lipinski definition) is 3. The molecule has 0 aliphatic carbocycles.